The molecule has 0 aromatic carbocycles. The van der Waals surface area contributed by atoms with Crippen LogP contribution in [0.4, 0.5) is 0 Å². The highest BCUT2D eigenvalue weighted by Gasteiger charge is 2.30. The van der Waals surface area contributed by atoms with Gasteiger partial charge in [0.05, 0.1) is 0 Å². The fraction of sp³-hybridized carbons (Fsp3) is 0.750. The van der Waals surface area contributed by atoms with E-state index in [-0.39, 0.29) is 0 Å². The molecular weight excluding hydrogens is 126 g/mol. The molecule has 1 unspecified atom stereocenters. The Morgan fingerprint density at radius 2 is 2.50 bits per heavy atom. The predicted octanol–water partition coefficient (Wildman–Crippen LogP) is 1.62. The minimum absolute atomic E-state index is 0.687. The van der Waals surface area contributed by atoms with E-state index in [0.29, 0.717) is 5.92 Å². The number of hydrogen-bond donors (Lipinski definition) is 1. The maximum absolute atomic E-state index is 9.28. The summed E-state index contributed by atoms with van der Waals surface area (Å²) in [6.45, 7) is 3.07. The van der Waals surface area contributed by atoms with Gasteiger partial charge in [0.2, 0.25) is 0 Å². The molecule has 2 atom stereocenters. The third-order valence-corrected chi connectivity index (χ3v) is 2.71. The van der Waals surface area contributed by atoms with Crippen LogP contribution in [0, 0.1) is 11.8 Å². The van der Waals surface area contributed by atoms with Gasteiger partial charge in [0.15, 0.2) is 0 Å². The summed E-state index contributed by atoms with van der Waals surface area (Å²) in [5.74, 6) is 1.51. The molecule has 1 heterocycles. The zero-order chi connectivity index (χ0) is 7.14. The molecule has 0 radical (unpaired) electrons. The zero-order valence-corrected chi connectivity index (χ0v) is 6.25. The van der Waals surface area contributed by atoms with E-state index in [9.17, 15) is 5.21 Å². The van der Waals surface area contributed by atoms with Crippen LogP contribution in [-0.4, -0.2) is 16.8 Å². The van der Waals surface area contributed by atoms with E-state index in [1.54, 1.807) is 0 Å². The van der Waals surface area contributed by atoms with E-state index in [1.165, 1.54) is 5.06 Å². The van der Waals surface area contributed by atoms with Gasteiger partial charge in [-0.2, -0.15) is 0 Å². The first kappa shape index (κ1) is 6.23. The predicted molar refractivity (Wildman–Crippen MR) is 38.5 cm³/mol. The van der Waals surface area contributed by atoms with Gasteiger partial charge < -0.3 is 0 Å². The SMILES string of the molecule is C[C@@H]1C=C2CC1CCN2O. The average Bonchev–Trinajstić information content (AvgIpc) is 2.21. The van der Waals surface area contributed by atoms with Crippen molar-refractivity contribution in [1.29, 1.82) is 0 Å². The van der Waals surface area contributed by atoms with Crippen molar-refractivity contribution in [3.8, 4) is 0 Å². The smallest absolute Gasteiger partial charge is 0.0452 e. The molecule has 56 valence electrons. The van der Waals surface area contributed by atoms with Gasteiger partial charge in [-0.25, -0.2) is 0 Å². The van der Waals surface area contributed by atoms with Gasteiger partial charge >= 0.3 is 0 Å². The van der Waals surface area contributed by atoms with E-state index < -0.39 is 0 Å². The third kappa shape index (κ3) is 0.754. The second kappa shape index (κ2) is 1.99. The molecule has 1 aliphatic heterocycles. The van der Waals surface area contributed by atoms with Crippen LogP contribution in [0.25, 0.3) is 0 Å². The summed E-state index contributed by atoms with van der Waals surface area (Å²) in [6.07, 6.45) is 4.44. The van der Waals surface area contributed by atoms with Gasteiger partial charge in [-0.3, -0.25) is 10.3 Å². The molecule has 1 saturated heterocycles. The lowest BCUT2D eigenvalue weighted by Gasteiger charge is -2.26. The Hall–Kier alpha value is -0.500. The minimum atomic E-state index is 0.687. The molecule has 0 spiro atoms. The van der Waals surface area contributed by atoms with Crippen LogP contribution in [0.15, 0.2) is 11.8 Å². The van der Waals surface area contributed by atoms with Crippen LogP contribution in [0.5, 0.6) is 0 Å². The van der Waals surface area contributed by atoms with E-state index in [0.717, 1.165) is 31.0 Å². The topological polar surface area (TPSA) is 23.5 Å². The summed E-state index contributed by atoms with van der Waals surface area (Å²) in [7, 11) is 0. The molecule has 2 nitrogen and oxygen atoms in total. The first-order valence-corrected chi connectivity index (χ1v) is 3.94. The summed E-state index contributed by atoms with van der Waals surface area (Å²) in [5.41, 5.74) is 1.14. The normalized spacial score (nSPS) is 38.2. The van der Waals surface area contributed by atoms with Crippen LogP contribution in [0.1, 0.15) is 19.8 Å². The summed E-state index contributed by atoms with van der Waals surface area (Å²) < 4.78 is 0. The summed E-state index contributed by atoms with van der Waals surface area (Å²) in [5, 5.41) is 10.7. The van der Waals surface area contributed by atoms with Gasteiger partial charge in [0, 0.05) is 12.2 Å². The number of hydroxylamine groups is 2. The van der Waals surface area contributed by atoms with Gasteiger partial charge in [-0.05, 0) is 24.7 Å². The van der Waals surface area contributed by atoms with Crippen molar-refractivity contribution in [2.24, 2.45) is 11.8 Å². The first-order valence-electron chi connectivity index (χ1n) is 3.94. The van der Waals surface area contributed by atoms with Crippen LogP contribution < -0.4 is 0 Å². The van der Waals surface area contributed by atoms with Gasteiger partial charge in [0.1, 0.15) is 0 Å². The highest BCUT2D eigenvalue weighted by Crippen LogP contribution is 2.37. The number of fused-ring (bicyclic) bond motifs is 2. The molecule has 0 aromatic rings. The zero-order valence-electron chi connectivity index (χ0n) is 6.25. The maximum atomic E-state index is 9.28. The van der Waals surface area contributed by atoms with E-state index in [1.807, 2.05) is 0 Å². The first-order chi connectivity index (χ1) is 4.77. The van der Waals surface area contributed by atoms with Crippen molar-refractivity contribution < 1.29 is 5.21 Å². The fourth-order valence-electron chi connectivity index (χ4n) is 1.95. The van der Waals surface area contributed by atoms with Crippen molar-refractivity contribution >= 4 is 0 Å². The molecule has 1 N–H and O–H groups in total. The molecule has 0 saturated carbocycles. The van der Waals surface area contributed by atoms with Crippen LogP contribution in [0.2, 0.25) is 0 Å². The van der Waals surface area contributed by atoms with Crippen molar-refractivity contribution in [3.63, 3.8) is 0 Å². The molecule has 1 aliphatic carbocycles. The Labute approximate surface area is 61.1 Å². The fourth-order valence-corrected chi connectivity index (χ4v) is 1.95. The third-order valence-electron chi connectivity index (χ3n) is 2.71. The Kier molecular flexibility index (Phi) is 1.24. The van der Waals surface area contributed by atoms with E-state index in [2.05, 4.69) is 13.0 Å². The lowest BCUT2D eigenvalue weighted by Crippen LogP contribution is -2.26. The van der Waals surface area contributed by atoms with Crippen molar-refractivity contribution in [2.75, 3.05) is 6.54 Å². The molecule has 2 aliphatic rings. The van der Waals surface area contributed by atoms with Crippen molar-refractivity contribution in [2.45, 2.75) is 19.8 Å². The van der Waals surface area contributed by atoms with Crippen molar-refractivity contribution in [1.82, 2.24) is 5.06 Å². The molecule has 2 heteroatoms. The molecule has 0 aromatic heterocycles. The number of hydrogen-bond acceptors (Lipinski definition) is 2. The maximum Gasteiger partial charge on any atom is 0.0452 e. The van der Waals surface area contributed by atoms with Gasteiger partial charge in [-0.15, -0.1) is 0 Å². The van der Waals surface area contributed by atoms with Crippen LogP contribution in [0.3, 0.4) is 0 Å². The molecular formula is C8H13NO. The summed E-state index contributed by atoms with van der Waals surface area (Å²) >= 11 is 0. The molecule has 2 rings (SSSR count). The highest BCUT2D eigenvalue weighted by molar-refractivity contribution is 5.13. The van der Waals surface area contributed by atoms with E-state index in [4.69, 9.17) is 0 Å². The Morgan fingerprint density at radius 1 is 1.70 bits per heavy atom. The summed E-state index contributed by atoms with van der Waals surface area (Å²) in [6, 6.07) is 0. The molecule has 0 amide bonds. The molecule has 10 heavy (non-hydrogen) atoms. The van der Waals surface area contributed by atoms with E-state index >= 15 is 0 Å². The lowest BCUT2D eigenvalue weighted by atomic mass is 9.92. The standard InChI is InChI=1S/C8H13NO/c1-6-4-8-5-7(6)2-3-9(8)10/h4,6-7,10H,2-3,5H2,1H3/t6-,7?/m1/s1. The monoisotopic (exact) mass is 139 g/mol. The largest absolute Gasteiger partial charge is 0.289 e. The summed E-state index contributed by atoms with van der Waals surface area (Å²) in [4.78, 5) is 0. The quantitative estimate of drug-likeness (QED) is 0.551. The Bertz CT molecular complexity index is 176. The number of rotatable bonds is 0. The van der Waals surface area contributed by atoms with Crippen molar-refractivity contribution in [3.05, 3.63) is 11.8 Å². The number of allylic oxidation sites excluding steroid dienone is 2. The molecule has 2 bridgehead atoms. The molecule has 1 fully saturated rings. The second-order valence-corrected chi connectivity index (χ2v) is 3.39. The number of piperidine rings is 1. The lowest BCUT2D eigenvalue weighted by molar-refractivity contribution is -0.0723. The minimum Gasteiger partial charge on any atom is -0.289 e. The van der Waals surface area contributed by atoms with Crippen LogP contribution in [-0.2, 0) is 0 Å². The van der Waals surface area contributed by atoms with Crippen LogP contribution >= 0.6 is 0 Å². The van der Waals surface area contributed by atoms with Gasteiger partial charge in [0.25, 0.3) is 0 Å². The number of nitrogens with zero attached hydrogens (tertiary/aromatic N) is 1. The Balaban J connectivity index is 2.21. The second-order valence-electron chi connectivity index (χ2n) is 3.39. The van der Waals surface area contributed by atoms with Gasteiger partial charge in [-0.1, -0.05) is 13.0 Å². The Morgan fingerprint density at radius 3 is 3.20 bits per heavy atom. The average molecular weight is 139 g/mol. The highest BCUT2D eigenvalue weighted by atomic mass is 16.5.